The molecule has 1 aromatic carbocycles. The largest absolute Gasteiger partial charge is 0.268 e. The van der Waals surface area contributed by atoms with Gasteiger partial charge in [-0.3, -0.25) is 10.1 Å². The van der Waals surface area contributed by atoms with Crippen LogP contribution in [0.2, 0.25) is 0 Å². The van der Waals surface area contributed by atoms with Crippen LogP contribution < -0.4 is 5.32 Å². The summed E-state index contributed by atoms with van der Waals surface area (Å²) < 4.78 is 0. The second kappa shape index (κ2) is 4.63. The average Bonchev–Trinajstić information content (AvgIpc) is 2.18. The van der Waals surface area contributed by atoms with E-state index in [1.807, 2.05) is 12.1 Å². The van der Waals surface area contributed by atoms with E-state index in [2.05, 4.69) is 21.2 Å². The standard InChI is InChI=1S/C9H7BrN2O/c10-5-7-1-3-8(4-2-7)9(13)12-6-11/h1-4H,5H2,(H,12,13). The fourth-order valence-corrected chi connectivity index (χ4v) is 1.24. The van der Waals surface area contributed by atoms with Gasteiger partial charge in [-0.15, -0.1) is 0 Å². The minimum atomic E-state index is -0.372. The zero-order chi connectivity index (χ0) is 9.68. The molecular formula is C9H7BrN2O. The Hall–Kier alpha value is -1.34. The molecule has 0 atom stereocenters. The number of nitrogens with zero attached hydrogens (tertiary/aromatic N) is 1. The Morgan fingerprint density at radius 2 is 2.08 bits per heavy atom. The maximum absolute atomic E-state index is 11.1. The molecule has 1 aromatic rings. The van der Waals surface area contributed by atoms with Gasteiger partial charge in [0.05, 0.1) is 0 Å². The number of benzene rings is 1. The summed E-state index contributed by atoms with van der Waals surface area (Å²) in [5, 5.41) is 11.0. The van der Waals surface area contributed by atoms with Gasteiger partial charge in [-0.2, -0.15) is 5.26 Å². The fourth-order valence-electron chi connectivity index (χ4n) is 0.868. The van der Waals surface area contributed by atoms with Crippen molar-refractivity contribution >= 4 is 21.8 Å². The number of nitriles is 1. The lowest BCUT2D eigenvalue weighted by molar-refractivity contribution is 0.0973. The van der Waals surface area contributed by atoms with Crippen molar-refractivity contribution in [1.29, 1.82) is 5.26 Å². The van der Waals surface area contributed by atoms with Crippen LogP contribution in [0.4, 0.5) is 0 Å². The van der Waals surface area contributed by atoms with Crippen molar-refractivity contribution in [3.8, 4) is 6.19 Å². The third-order valence-electron chi connectivity index (χ3n) is 1.54. The van der Waals surface area contributed by atoms with E-state index in [4.69, 9.17) is 5.26 Å². The number of amides is 1. The molecule has 0 saturated carbocycles. The van der Waals surface area contributed by atoms with Crippen molar-refractivity contribution in [1.82, 2.24) is 5.32 Å². The van der Waals surface area contributed by atoms with Gasteiger partial charge in [0.15, 0.2) is 6.19 Å². The first-order valence-electron chi connectivity index (χ1n) is 3.62. The molecule has 0 aliphatic rings. The lowest BCUT2D eigenvalue weighted by Crippen LogP contribution is -2.16. The molecule has 0 aliphatic carbocycles. The number of hydrogen-bond donors (Lipinski definition) is 1. The molecule has 0 unspecified atom stereocenters. The minimum absolute atomic E-state index is 0.372. The quantitative estimate of drug-likeness (QED) is 0.486. The van der Waals surface area contributed by atoms with Gasteiger partial charge < -0.3 is 0 Å². The summed E-state index contributed by atoms with van der Waals surface area (Å²) in [5.74, 6) is -0.372. The number of rotatable bonds is 2. The van der Waals surface area contributed by atoms with E-state index in [-0.39, 0.29) is 5.91 Å². The average molecular weight is 239 g/mol. The highest BCUT2D eigenvalue weighted by molar-refractivity contribution is 9.08. The summed E-state index contributed by atoms with van der Waals surface area (Å²) in [5.41, 5.74) is 1.58. The summed E-state index contributed by atoms with van der Waals surface area (Å²) in [6.07, 6.45) is 1.59. The second-order valence-corrected chi connectivity index (χ2v) is 2.96. The third-order valence-corrected chi connectivity index (χ3v) is 2.19. The molecule has 13 heavy (non-hydrogen) atoms. The third kappa shape index (κ3) is 2.56. The van der Waals surface area contributed by atoms with Crippen LogP contribution in [0.3, 0.4) is 0 Å². The predicted molar refractivity (Wildman–Crippen MR) is 52.2 cm³/mol. The molecule has 4 heteroatoms. The van der Waals surface area contributed by atoms with E-state index in [1.54, 1.807) is 18.3 Å². The smallest absolute Gasteiger partial charge is 0.264 e. The Morgan fingerprint density at radius 3 is 2.54 bits per heavy atom. The molecule has 0 radical (unpaired) electrons. The normalized spacial score (nSPS) is 8.92. The predicted octanol–water partition coefficient (Wildman–Crippen LogP) is 1.79. The number of hydrogen-bond acceptors (Lipinski definition) is 2. The van der Waals surface area contributed by atoms with Crippen LogP contribution in [0, 0.1) is 11.5 Å². The Kier molecular flexibility index (Phi) is 3.47. The van der Waals surface area contributed by atoms with Crippen LogP contribution in [-0.2, 0) is 5.33 Å². The SMILES string of the molecule is N#CNC(=O)c1ccc(CBr)cc1. The Morgan fingerprint density at radius 1 is 1.46 bits per heavy atom. The van der Waals surface area contributed by atoms with Gasteiger partial charge >= 0.3 is 0 Å². The number of carbonyl (C=O) groups excluding carboxylic acids is 1. The first kappa shape index (κ1) is 9.75. The Bertz CT molecular complexity index is 340. The van der Waals surface area contributed by atoms with E-state index in [0.717, 1.165) is 10.9 Å². The molecule has 66 valence electrons. The maximum Gasteiger partial charge on any atom is 0.264 e. The monoisotopic (exact) mass is 238 g/mol. The summed E-state index contributed by atoms with van der Waals surface area (Å²) in [6.45, 7) is 0. The van der Waals surface area contributed by atoms with Gasteiger partial charge in [0, 0.05) is 10.9 Å². The van der Waals surface area contributed by atoms with Crippen LogP contribution in [0.25, 0.3) is 0 Å². The van der Waals surface area contributed by atoms with E-state index in [1.165, 1.54) is 0 Å². The van der Waals surface area contributed by atoms with Crippen LogP contribution >= 0.6 is 15.9 Å². The molecule has 0 fully saturated rings. The molecule has 0 bridgehead atoms. The molecule has 0 aliphatic heterocycles. The Labute approximate surface area is 84.5 Å². The lowest BCUT2D eigenvalue weighted by Gasteiger charge is -1.98. The molecule has 0 heterocycles. The van der Waals surface area contributed by atoms with Gasteiger partial charge in [0.2, 0.25) is 0 Å². The highest BCUT2D eigenvalue weighted by Crippen LogP contribution is 2.07. The molecule has 3 nitrogen and oxygen atoms in total. The number of alkyl halides is 1. The van der Waals surface area contributed by atoms with E-state index < -0.39 is 0 Å². The number of halogens is 1. The first-order valence-corrected chi connectivity index (χ1v) is 4.74. The van der Waals surface area contributed by atoms with Gasteiger partial charge in [0.1, 0.15) is 0 Å². The minimum Gasteiger partial charge on any atom is -0.268 e. The zero-order valence-corrected chi connectivity index (χ0v) is 8.34. The van der Waals surface area contributed by atoms with Crippen LogP contribution in [0.1, 0.15) is 15.9 Å². The highest BCUT2D eigenvalue weighted by Gasteiger charge is 2.02. The zero-order valence-electron chi connectivity index (χ0n) is 6.75. The number of nitrogens with one attached hydrogen (secondary N) is 1. The van der Waals surface area contributed by atoms with Gasteiger partial charge in [-0.25, -0.2) is 0 Å². The van der Waals surface area contributed by atoms with E-state index in [0.29, 0.717) is 5.56 Å². The molecule has 0 spiro atoms. The summed E-state index contributed by atoms with van der Waals surface area (Å²) in [6, 6.07) is 7.04. The molecule has 1 amide bonds. The molecule has 0 aromatic heterocycles. The highest BCUT2D eigenvalue weighted by atomic mass is 79.9. The fraction of sp³-hybridized carbons (Fsp3) is 0.111. The summed E-state index contributed by atoms with van der Waals surface area (Å²) in [7, 11) is 0. The maximum atomic E-state index is 11.1. The van der Waals surface area contributed by atoms with Gasteiger partial charge in [0.25, 0.3) is 5.91 Å². The molecule has 1 rings (SSSR count). The summed E-state index contributed by atoms with van der Waals surface area (Å²) >= 11 is 3.30. The van der Waals surface area contributed by atoms with Crippen molar-refractivity contribution in [2.75, 3.05) is 0 Å². The lowest BCUT2D eigenvalue weighted by atomic mass is 10.1. The van der Waals surface area contributed by atoms with Crippen molar-refractivity contribution in [3.63, 3.8) is 0 Å². The van der Waals surface area contributed by atoms with Gasteiger partial charge in [-0.05, 0) is 17.7 Å². The van der Waals surface area contributed by atoms with Crippen LogP contribution in [-0.4, -0.2) is 5.91 Å². The molecule has 1 N–H and O–H groups in total. The van der Waals surface area contributed by atoms with Crippen molar-refractivity contribution in [2.24, 2.45) is 0 Å². The van der Waals surface area contributed by atoms with Crippen molar-refractivity contribution in [2.45, 2.75) is 5.33 Å². The van der Waals surface area contributed by atoms with E-state index in [9.17, 15) is 4.79 Å². The van der Waals surface area contributed by atoms with Crippen LogP contribution in [0.5, 0.6) is 0 Å². The molecule has 0 saturated heterocycles. The topological polar surface area (TPSA) is 52.9 Å². The molecular weight excluding hydrogens is 232 g/mol. The first-order chi connectivity index (χ1) is 6.27. The van der Waals surface area contributed by atoms with E-state index >= 15 is 0 Å². The van der Waals surface area contributed by atoms with Gasteiger partial charge in [-0.1, -0.05) is 28.1 Å². The van der Waals surface area contributed by atoms with Crippen LogP contribution in [0.15, 0.2) is 24.3 Å². The van der Waals surface area contributed by atoms with Crippen molar-refractivity contribution < 1.29 is 4.79 Å². The number of carbonyl (C=O) groups is 1. The second-order valence-electron chi connectivity index (χ2n) is 2.40. The Balaban J connectivity index is 2.81. The van der Waals surface area contributed by atoms with Crippen molar-refractivity contribution in [3.05, 3.63) is 35.4 Å². The summed E-state index contributed by atoms with van der Waals surface area (Å²) in [4.78, 5) is 11.1.